The third kappa shape index (κ3) is 4.76. The van der Waals surface area contributed by atoms with Crippen LogP contribution < -0.4 is 11.1 Å². The molecule has 0 aromatic heterocycles. The van der Waals surface area contributed by atoms with E-state index in [-0.39, 0.29) is 0 Å². The zero-order valence-electron chi connectivity index (χ0n) is 10.4. The van der Waals surface area contributed by atoms with E-state index in [1.165, 1.54) is 11.8 Å². The number of anilines is 1. The van der Waals surface area contributed by atoms with Crippen molar-refractivity contribution in [1.82, 2.24) is 5.32 Å². The van der Waals surface area contributed by atoms with E-state index >= 15 is 0 Å². The zero-order chi connectivity index (χ0) is 14.4. The van der Waals surface area contributed by atoms with E-state index in [9.17, 15) is 9.59 Å². The molecule has 7 heteroatoms. The number of nitrogen functional groups attached to an aromatic ring is 1. The molecule has 5 nitrogen and oxygen atoms in total. The molecule has 4 N–H and O–H groups in total. The van der Waals surface area contributed by atoms with E-state index in [0.29, 0.717) is 27.9 Å². The summed E-state index contributed by atoms with van der Waals surface area (Å²) < 4.78 is 0.608. The van der Waals surface area contributed by atoms with E-state index in [1.54, 1.807) is 18.2 Å². The topological polar surface area (TPSA) is 92.4 Å². The SMILES string of the molecule is CSCC[C@H](NC(=O)c1ccc(N)c(Br)c1)C(=O)O. The summed E-state index contributed by atoms with van der Waals surface area (Å²) in [4.78, 5) is 23.0. The maximum absolute atomic E-state index is 11.9. The second-order valence-electron chi connectivity index (χ2n) is 3.88. The van der Waals surface area contributed by atoms with Crippen molar-refractivity contribution in [3.8, 4) is 0 Å². The van der Waals surface area contributed by atoms with Crippen LogP contribution in [0.1, 0.15) is 16.8 Å². The van der Waals surface area contributed by atoms with Crippen molar-refractivity contribution in [2.45, 2.75) is 12.5 Å². The van der Waals surface area contributed by atoms with Crippen molar-refractivity contribution < 1.29 is 14.7 Å². The maximum atomic E-state index is 11.9. The van der Waals surface area contributed by atoms with Gasteiger partial charge in [0.05, 0.1) is 0 Å². The van der Waals surface area contributed by atoms with Crippen LogP contribution in [0.4, 0.5) is 5.69 Å². The summed E-state index contributed by atoms with van der Waals surface area (Å²) in [5.74, 6) is -0.783. The largest absolute Gasteiger partial charge is 0.480 e. The van der Waals surface area contributed by atoms with Crippen molar-refractivity contribution in [1.29, 1.82) is 0 Å². The number of carbonyl (C=O) groups is 2. The fraction of sp³-hybridized carbons (Fsp3) is 0.333. The number of carbonyl (C=O) groups excluding carboxylic acids is 1. The van der Waals surface area contributed by atoms with Gasteiger partial charge in [-0.2, -0.15) is 11.8 Å². The van der Waals surface area contributed by atoms with Crippen molar-refractivity contribution in [3.63, 3.8) is 0 Å². The number of thioether (sulfide) groups is 1. The Morgan fingerprint density at radius 2 is 2.21 bits per heavy atom. The molecule has 1 amide bonds. The number of rotatable bonds is 6. The fourth-order valence-electron chi connectivity index (χ4n) is 1.40. The molecule has 0 aliphatic rings. The molecule has 0 saturated heterocycles. The van der Waals surface area contributed by atoms with E-state index in [4.69, 9.17) is 10.8 Å². The minimum atomic E-state index is -1.03. The van der Waals surface area contributed by atoms with Crippen LogP contribution in [0.25, 0.3) is 0 Å². The van der Waals surface area contributed by atoms with Gasteiger partial charge in [-0.15, -0.1) is 0 Å². The van der Waals surface area contributed by atoms with Gasteiger partial charge in [-0.05, 0) is 52.6 Å². The molecule has 0 unspecified atom stereocenters. The lowest BCUT2D eigenvalue weighted by Crippen LogP contribution is -2.41. The lowest BCUT2D eigenvalue weighted by molar-refractivity contribution is -0.139. The second kappa shape index (κ2) is 7.40. The van der Waals surface area contributed by atoms with E-state index in [2.05, 4.69) is 21.2 Å². The minimum Gasteiger partial charge on any atom is -0.480 e. The summed E-state index contributed by atoms with van der Waals surface area (Å²) in [7, 11) is 0. The summed E-state index contributed by atoms with van der Waals surface area (Å²) in [5.41, 5.74) is 6.52. The van der Waals surface area contributed by atoms with Gasteiger partial charge in [0.15, 0.2) is 0 Å². The van der Waals surface area contributed by atoms with Crippen LogP contribution in [-0.2, 0) is 4.79 Å². The predicted molar refractivity (Wildman–Crippen MR) is 80.4 cm³/mol. The molecule has 0 radical (unpaired) electrons. The van der Waals surface area contributed by atoms with E-state index in [1.807, 2.05) is 6.26 Å². The number of aliphatic carboxylic acids is 1. The third-order valence-electron chi connectivity index (χ3n) is 2.48. The van der Waals surface area contributed by atoms with Crippen LogP contribution in [0.3, 0.4) is 0 Å². The first-order chi connectivity index (χ1) is 8.95. The molecule has 0 spiro atoms. The second-order valence-corrected chi connectivity index (χ2v) is 5.72. The van der Waals surface area contributed by atoms with Crippen molar-refractivity contribution in [3.05, 3.63) is 28.2 Å². The van der Waals surface area contributed by atoms with Gasteiger partial charge in [-0.1, -0.05) is 0 Å². The fourth-order valence-corrected chi connectivity index (χ4v) is 2.25. The van der Waals surface area contributed by atoms with Crippen LogP contribution in [0.2, 0.25) is 0 Å². The number of amides is 1. The van der Waals surface area contributed by atoms with Crippen molar-refractivity contribution >= 4 is 45.3 Å². The van der Waals surface area contributed by atoms with Gasteiger partial charge in [-0.3, -0.25) is 4.79 Å². The molecular formula is C12H15BrN2O3S. The van der Waals surface area contributed by atoms with Crippen LogP contribution in [0.15, 0.2) is 22.7 Å². The van der Waals surface area contributed by atoms with Crippen molar-refractivity contribution in [2.75, 3.05) is 17.7 Å². The molecule has 1 aromatic carbocycles. The molecule has 0 aliphatic heterocycles. The molecule has 1 rings (SSSR count). The molecule has 0 saturated carbocycles. The van der Waals surface area contributed by atoms with Gasteiger partial charge in [0.2, 0.25) is 0 Å². The number of nitrogens with one attached hydrogen (secondary N) is 1. The quantitative estimate of drug-likeness (QED) is 0.684. The van der Waals surface area contributed by atoms with Crippen LogP contribution >= 0.6 is 27.7 Å². The Morgan fingerprint density at radius 3 is 2.74 bits per heavy atom. The first kappa shape index (κ1) is 15.8. The predicted octanol–water partition coefficient (Wildman–Crippen LogP) is 1.97. The Kier molecular flexibility index (Phi) is 6.17. The Morgan fingerprint density at radius 1 is 1.53 bits per heavy atom. The Hall–Kier alpha value is -1.21. The maximum Gasteiger partial charge on any atom is 0.326 e. The molecule has 0 heterocycles. The number of nitrogens with two attached hydrogens (primary N) is 1. The summed E-state index contributed by atoms with van der Waals surface area (Å²) in [5, 5.41) is 11.5. The number of carboxylic acid groups (broad SMARTS) is 1. The number of hydrogen-bond donors (Lipinski definition) is 3. The monoisotopic (exact) mass is 346 g/mol. The van der Waals surface area contributed by atoms with Crippen LogP contribution in [0, 0.1) is 0 Å². The summed E-state index contributed by atoms with van der Waals surface area (Å²) in [6, 6.07) is 3.84. The normalized spacial score (nSPS) is 11.9. The molecule has 104 valence electrons. The highest BCUT2D eigenvalue weighted by atomic mass is 79.9. The van der Waals surface area contributed by atoms with Gasteiger partial charge in [0.25, 0.3) is 5.91 Å². The van der Waals surface area contributed by atoms with E-state index in [0.717, 1.165) is 0 Å². The van der Waals surface area contributed by atoms with Crippen LogP contribution in [-0.4, -0.2) is 35.0 Å². The van der Waals surface area contributed by atoms with Gasteiger partial charge in [-0.25, -0.2) is 4.79 Å². The Bertz CT molecular complexity index is 482. The van der Waals surface area contributed by atoms with Gasteiger partial charge < -0.3 is 16.2 Å². The number of halogens is 1. The Labute approximate surface area is 124 Å². The molecule has 0 aliphatic carbocycles. The number of hydrogen-bond acceptors (Lipinski definition) is 4. The van der Waals surface area contributed by atoms with Crippen molar-refractivity contribution in [2.24, 2.45) is 0 Å². The summed E-state index contributed by atoms with van der Waals surface area (Å²) in [6.45, 7) is 0. The molecule has 1 aromatic rings. The van der Waals surface area contributed by atoms with Gasteiger partial charge in [0, 0.05) is 15.7 Å². The molecule has 1 atom stereocenters. The smallest absolute Gasteiger partial charge is 0.326 e. The first-order valence-electron chi connectivity index (χ1n) is 5.53. The highest BCUT2D eigenvalue weighted by Crippen LogP contribution is 2.20. The lowest BCUT2D eigenvalue weighted by atomic mass is 10.1. The average molecular weight is 347 g/mol. The molecular weight excluding hydrogens is 332 g/mol. The zero-order valence-corrected chi connectivity index (χ0v) is 12.8. The summed E-state index contributed by atoms with van der Waals surface area (Å²) in [6.07, 6.45) is 2.27. The standard InChI is InChI=1S/C12H15BrN2O3S/c1-19-5-4-10(12(17)18)15-11(16)7-2-3-9(14)8(13)6-7/h2-3,6,10H,4-5,14H2,1H3,(H,15,16)(H,17,18)/t10-/m0/s1. The number of carboxylic acids is 1. The van der Waals surface area contributed by atoms with Crippen LogP contribution in [0.5, 0.6) is 0 Å². The molecule has 19 heavy (non-hydrogen) atoms. The molecule has 0 fully saturated rings. The van der Waals surface area contributed by atoms with Gasteiger partial charge >= 0.3 is 5.97 Å². The van der Waals surface area contributed by atoms with E-state index < -0.39 is 17.9 Å². The minimum absolute atomic E-state index is 0.372. The Balaban J connectivity index is 2.75. The third-order valence-corrected chi connectivity index (χ3v) is 3.81. The lowest BCUT2D eigenvalue weighted by Gasteiger charge is -2.14. The first-order valence-corrected chi connectivity index (χ1v) is 7.72. The molecule has 0 bridgehead atoms. The number of benzene rings is 1. The average Bonchev–Trinajstić information content (AvgIpc) is 2.37. The highest BCUT2D eigenvalue weighted by molar-refractivity contribution is 9.10. The van der Waals surface area contributed by atoms with Gasteiger partial charge in [0.1, 0.15) is 6.04 Å². The summed E-state index contributed by atoms with van der Waals surface area (Å²) >= 11 is 4.76. The highest BCUT2D eigenvalue weighted by Gasteiger charge is 2.20.